The maximum atomic E-state index is 13.3. The van der Waals surface area contributed by atoms with Crippen LogP contribution in [0, 0.1) is 24.6 Å². The van der Waals surface area contributed by atoms with E-state index >= 15 is 0 Å². The molecule has 2 heteroatoms. The number of unbranched alkanes of at least 4 members (excludes halogenated alkanes) is 1. The lowest BCUT2D eigenvalue weighted by atomic mass is 9.77. The van der Waals surface area contributed by atoms with Crippen LogP contribution in [-0.2, 0) is 0 Å². The van der Waals surface area contributed by atoms with Crippen LogP contribution < -0.4 is 0 Å². The molecular weight excluding hydrogens is 271 g/mol. The lowest BCUT2D eigenvalue weighted by Gasteiger charge is -2.31. The molecule has 0 radical (unpaired) electrons. The fourth-order valence-electron chi connectivity index (χ4n) is 3.37. The van der Waals surface area contributed by atoms with E-state index in [0.29, 0.717) is 11.5 Å². The lowest BCUT2D eigenvalue weighted by molar-refractivity contribution is 0.254. The van der Waals surface area contributed by atoms with Crippen molar-refractivity contribution in [1.82, 2.24) is 0 Å². The highest BCUT2D eigenvalue weighted by Crippen LogP contribution is 2.41. The first-order valence-corrected chi connectivity index (χ1v) is 8.45. The molecular formula is C18H26ClF. The summed E-state index contributed by atoms with van der Waals surface area (Å²) in [7, 11) is 0. The molecule has 1 unspecified atom stereocenters. The summed E-state index contributed by atoms with van der Waals surface area (Å²) in [5.74, 6) is 1.32. The van der Waals surface area contributed by atoms with Crippen molar-refractivity contribution in [3.8, 4) is 0 Å². The number of benzene rings is 1. The summed E-state index contributed by atoms with van der Waals surface area (Å²) in [5.41, 5.74) is 1.78. The van der Waals surface area contributed by atoms with Gasteiger partial charge in [-0.3, -0.25) is 0 Å². The van der Waals surface area contributed by atoms with Gasteiger partial charge in [0.2, 0.25) is 0 Å². The van der Waals surface area contributed by atoms with E-state index in [0.717, 1.165) is 11.5 Å². The van der Waals surface area contributed by atoms with Crippen LogP contribution in [0.4, 0.5) is 4.39 Å². The molecule has 0 aliphatic heterocycles. The van der Waals surface area contributed by atoms with E-state index in [1.54, 1.807) is 6.07 Å². The average Bonchev–Trinajstić information content (AvgIpc) is 2.48. The molecule has 1 aliphatic rings. The Balaban J connectivity index is 1.91. The van der Waals surface area contributed by atoms with Gasteiger partial charge in [0.15, 0.2) is 0 Å². The average molecular weight is 297 g/mol. The van der Waals surface area contributed by atoms with E-state index in [1.165, 1.54) is 44.9 Å². The summed E-state index contributed by atoms with van der Waals surface area (Å²) in [5, 5.41) is 0.0430. The highest BCUT2D eigenvalue weighted by Gasteiger charge is 2.27. The molecule has 1 aromatic rings. The quantitative estimate of drug-likeness (QED) is 0.551. The van der Waals surface area contributed by atoms with Crippen LogP contribution in [0.2, 0.25) is 0 Å². The first kappa shape index (κ1) is 15.8. The third-order valence-corrected chi connectivity index (χ3v) is 5.38. The van der Waals surface area contributed by atoms with Crippen molar-refractivity contribution in [3.05, 3.63) is 35.1 Å². The zero-order chi connectivity index (χ0) is 14.5. The fourth-order valence-corrected chi connectivity index (χ4v) is 3.76. The second-order valence-electron chi connectivity index (χ2n) is 6.33. The van der Waals surface area contributed by atoms with Crippen LogP contribution in [0.1, 0.15) is 68.4 Å². The zero-order valence-corrected chi connectivity index (χ0v) is 13.4. The molecule has 2 rings (SSSR count). The Labute approximate surface area is 127 Å². The monoisotopic (exact) mass is 296 g/mol. The van der Waals surface area contributed by atoms with Crippen LogP contribution >= 0.6 is 11.6 Å². The van der Waals surface area contributed by atoms with E-state index < -0.39 is 0 Å². The summed E-state index contributed by atoms with van der Waals surface area (Å²) in [6.07, 6.45) is 9.11. The van der Waals surface area contributed by atoms with Crippen LogP contribution in [0.25, 0.3) is 0 Å². The first-order chi connectivity index (χ1) is 9.61. The summed E-state index contributed by atoms with van der Waals surface area (Å²) in [6.45, 7) is 4.07. The van der Waals surface area contributed by atoms with Crippen molar-refractivity contribution in [2.24, 2.45) is 11.8 Å². The van der Waals surface area contributed by atoms with Crippen molar-refractivity contribution in [3.63, 3.8) is 0 Å². The third-order valence-electron chi connectivity index (χ3n) is 4.77. The Hall–Kier alpha value is -0.560. The number of hydrogen-bond donors (Lipinski definition) is 0. The third kappa shape index (κ3) is 3.97. The molecule has 1 saturated carbocycles. The number of halogens is 2. The number of aryl methyl sites for hydroxylation is 1. The Bertz CT molecular complexity index is 421. The van der Waals surface area contributed by atoms with Crippen molar-refractivity contribution >= 4 is 11.6 Å². The van der Waals surface area contributed by atoms with Gasteiger partial charge in [-0.1, -0.05) is 51.2 Å². The Kier molecular flexibility index (Phi) is 5.89. The minimum Gasteiger partial charge on any atom is -0.207 e. The van der Waals surface area contributed by atoms with E-state index in [9.17, 15) is 4.39 Å². The van der Waals surface area contributed by atoms with Gasteiger partial charge in [0.05, 0.1) is 5.38 Å². The molecule has 1 fully saturated rings. The molecule has 112 valence electrons. The van der Waals surface area contributed by atoms with E-state index in [-0.39, 0.29) is 11.2 Å². The van der Waals surface area contributed by atoms with Crippen molar-refractivity contribution in [2.45, 2.75) is 64.2 Å². The second-order valence-corrected chi connectivity index (χ2v) is 6.80. The zero-order valence-electron chi connectivity index (χ0n) is 12.7. The Morgan fingerprint density at radius 2 is 1.95 bits per heavy atom. The highest BCUT2D eigenvalue weighted by molar-refractivity contribution is 6.21. The molecule has 1 aromatic carbocycles. The molecule has 0 N–H and O–H groups in total. The topological polar surface area (TPSA) is 0 Å². The van der Waals surface area contributed by atoms with Crippen LogP contribution in [0.5, 0.6) is 0 Å². The van der Waals surface area contributed by atoms with Gasteiger partial charge in [0, 0.05) is 0 Å². The van der Waals surface area contributed by atoms with Gasteiger partial charge >= 0.3 is 0 Å². The molecule has 1 aliphatic carbocycles. The van der Waals surface area contributed by atoms with Gasteiger partial charge in [0.1, 0.15) is 5.82 Å². The van der Waals surface area contributed by atoms with E-state index in [2.05, 4.69) is 6.92 Å². The fraction of sp³-hybridized carbons (Fsp3) is 0.667. The molecule has 0 aromatic heterocycles. The largest absolute Gasteiger partial charge is 0.207 e. The molecule has 0 nitrogen and oxygen atoms in total. The predicted molar refractivity (Wildman–Crippen MR) is 84.7 cm³/mol. The van der Waals surface area contributed by atoms with Crippen LogP contribution in [-0.4, -0.2) is 0 Å². The Morgan fingerprint density at radius 3 is 2.55 bits per heavy atom. The Morgan fingerprint density at radius 1 is 1.25 bits per heavy atom. The van der Waals surface area contributed by atoms with E-state index in [4.69, 9.17) is 11.6 Å². The molecule has 0 heterocycles. The van der Waals surface area contributed by atoms with Crippen molar-refractivity contribution in [2.75, 3.05) is 0 Å². The van der Waals surface area contributed by atoms with Gasteiger partial charge in [-0.05, 0) is 48.8 Å². The van der Waals surface area contributed by atoms with Crippen LogP contribution in [0.15, 0.2) is 18.2 Å². The number of hydrogen-bond acceptors (Lipinski definition) is 0. The molecule has 20 heavy (non-hydrogen) atoms. The molecule has 0 amide bonds. The van der Waals surface area contributed by atoms with E-state index in [1.807, 2.05) is 19.1 Å². The normalized spacial score (nSPS) is 24.6. The molecule has 0 bridgehead atoms. The summed E-state index contributed by atoms with van der Waals surface area (Å²) in [6, 6.07) is 5.31. The summed E-state index contributed by atoms with van der Waals surface area (Å²) in [4.78, 5) is 0. The maximum Gasteiger partial charge on any atom is 0.126 e. The second kappa shape index (κ2) is 7.45. The highest BCUT2D eigenvalue weighted by atomic mass is 35.5. The minimum atomic E-state index is -0.138. The van der Waals surface area contributed by atoms with Gasteiger partial charge in [-0.15, -0.1) is 11.6 Å². The maximum absolute atomic E-state index is 13.3. The molecule has 1 atom stereocenters. The summed E-state index contributed by atoms with van der Waals surface area (Å²) < 4.78 is 13.3. The van der Waals surface area contributed by atoms with Crippen molar-refractivity contribution < 1.29 is 4.39 Å². The van der Waals surface area contributed by atoms with Gasteiger partial charge in [-0.2, -0.15) is 0 Å². The smallest absolute Gasteiger partial charge is 0.126 e. The number of rotatable bonds is 5. The first-order valence-electron chi connectivity index (χ1n) is 8.02. The molecule has 0 saturated heterocycles. The van der Waals surface area contributed by atoms with Crippen LogP contribution in [0.3, 0.4) is 0 Å². The summed E-state index contributed by atoms with van der Waals surface area (Å²) >= 11 is 6.64. The van der Waals surface area contributed by atoms with Gasteiger partial charge in [0.25, 0.3) is 0 Å². The van der Waals surface area contributed by atoms with Crippen molar-refractivity contribution in [1.29, 1.82) is 0 Å². The lowest BCUT2D eigenvalue weighted by Crippen LogP contribution is -2.18. The number of alkyl halides is 1. The minimum absolute atomic E-state index is 0.0430. The standard InChI is InChI=1S/C18H26ClF/c1-3-4-5-14-6-8-15(9-7-14)18(19)16-10-11-17(20)13(2)12-16/h10-12,14-15,18H,3-9H2,1-2H3. The van der Waals surface area contributed by atoms with Gasteiger partial charge in [-0.25, -0.2) is 4.39 Å². The molecule has 0 spiro atoms. The predicted octanol–water partition coefficient (Wildman–Crippen LogP) is 6.41. The SMILES string of the molecule is CCCCC1CCC(C(Cl)c2ccc(F)c(C)c2)CC1. The van der Waals surface area contributed by atoms with Gasteiger partial charge < -0.3 is 0 Å².